The van der Waals surface area contributed by atoms with Crippen molar-refractivity contribution in [1.29, 1.82) is 0 Å². The van der Waals surface area contributed by atoms with Crippen molar-refractivity contribution < 1.29 is 33.4 Å². The number of anilines is 2. The van der Waals surface area contributed by atoms with Gasteiger partial charge in [0.1, 0.15) is 11.6 Å². The molecular weight excluding hydrogens is 520 g/mol. The fourth-order valence-electron chi connectivity index (χ4n) is 4.38. The minimum atomic E-state index is -1.72. The molecule has 0 radical (unpaired) electrons. The van der Waals surface area contributed by atoms with Gasteiger partial charge >= 0.3 is 12.0 Å². The summed E-state index contributed by atoms with van der Waals surface area (Å²) in [6, 6.07) is 15.9. The third-order valence-corrected chi connectivity index (χ3v) is 6.50. The summed E-state index contributed by atoms with van der Waals surface area (Å²) in [6.45, 7) is -0.372. The number of nitrogens with one attached hydrogen (secondary N) is 2. The second-order valence-corrected chi connectivity index (χ2v) is 9.46. The number of hydrogen-bond acceptors (Lipinski definition) is 4. The average molecular weight is 550 g/mol. The summed E-state index contributed by atoms with van der Waals surface area (Å²) >= 11 is 0. The maximum atomic E-state index is 13.7. The monoisotopic (exact) mass is 549 g/mol. The van der Waals surface area contributed by atoms with E-state index in [0.717, 1.165) is 37.0 Å². The molecule has 0 aromatic heterocycles. The van der Waals surface area contributed by atoms with Crippen LogP contribution < -0.4 is 15.5 Å². The van der Waals surface area contributed by atoms with Gasteiger partial charge < -0.3 is 20.8 Å². The van der Waals surface area contributed by atoms with E-state index >= 15 is 0 Å². The molecule has 0 heterocycles. The first-order valence-corrected chi connectivity index (χ1v) is 12.8. The summed E-state index contributed by atoms with van der Waals surface area (Å²) in [5.74, 6) is -3.66. The highest BCUT2D eigenvalue weighted by Gasteiger charge is 2.19. The molecule has 0 fully saturated rings. The number of allylic oxidation sites excluding steroid dienone is 2. The number of rotatable bonds is 9. The van der Waals surface area contributed by atoms with Gasteiger partial charge in [-0.3, -0.25) is 9.69 Å². The van der Waals surface area contributed by atoms with Crippen LogP contribution in [0, 0.1) is 11.6 Å². The predicted molar refractivity (Wildman–Crippen MR) is 147 cm³/mol. The zero-order valence-corrected chi connectivity index (χ0v) is 21.6. The van der Waals surface area contributed by atoms with Gasteiger partial charge in [0.2, 0.25) is 0 Å². The van der Waals surface area contributed by atoms with Gasteiger partial charge in [-0.25, -0.2) is 18.4 Å². The number of aliphatic carboxylic acids is 1. The number of carbonyl (C=O) groups excluding carboxylic acids is 2. The van der Waals surface area contributed by atoms with Crippen LogP contribution in [0.4, 0.5) is 25.0 Å². The van der Waals surface area contributed by atoms with Crippen molar-refractivity contribution in [1.82, 2.24) is 5.32 Å². The fraction of sp³-hybridized carbons (Fsp3) is 0.233. The Labute approximate surface area is 229 Å². The van der Waals surface area contributed by atoms with Crippen molar-refractivity contribution >= 4 is 34.9 Å². The summed E-state index contributed by atoms with van der Waals surface area (Å²) in [6.07, 6.45) is 4.82. The molecule has 0 bridgehead atoms. The van der Waals surface area contributed by atoms with Gasteiger partial charge in [-0.05, 0) is 78.8 Å². The molecule has 1 atom stereocenters. The molecule has 4 rings (SSSR count). The van der Waals surface area contributed by atoms with E-state index in [1.807, 2.05) is 24.3 Å². The van der Waals surface area contributed by atoms with Crippen molar-refractivity contribution in [3.8, 4) is 0 Å². The lowest BCUT2D eigenvalue weighted by atomic mass is 9.93. The first-order chi connectivity index (χ1) is 19.2. The number of urea groups is 1. The Morgan fingerprint density at radius 2 is 1.60 bits per heavy atom. The van der Waals surface area contributed by atoms with Crippen molar-refractivity contribution in [2.24, 2.45) is 0 Å². The number of hydrogen-bond donors (Lipinski definition) is 4. The van der Waals surface area contributed by atoms with Crippen LogP contribution >= 0.6 is 0 Å². The van der Waals surface area contributed by atoms with E-state index in [1.165, 1.54) is 29.0 Å². The van der Waals surface area contributed by atoms with Gasteiger partial charge in [0.15, 0.2) is 6.10 Å². The summed E-state index contributed by atoms with van der Waals surface area (Å²) < 4.78 is 27.5. The third-order valence-electron chi connectivity index (χ3n) is 6.50. The number of carbonyl (C=O) groups is 3. The Morgan fingerprint density at radius 3 is 2.20 bits per heavy atom. The normalized spacial score (nSPS) is 13.6. The highest BCUT2D eigenvalue weighted by Crippen LogP contribution is 2.29. The van der Waals surface area contributed by atoms with E-state index in [0.29, 0.717) is 17.3 Å². The number of benzene rings is 3. The van der Waals surface area contributed by atoms with Gasteiger partial charge in [0.05, 0.1) is 13.1 Å². The largest absolute Gasteiger partial charge is 0.479 e. The number of aliphatic hydroxyl groups excluding tert-OH is 1. The van der Waals surface area contributed by atoms with E-state index in [2.05, 4.69) is 16.7 Å². The van der Waals surface area contributed by atoms with Crippen LogP contribution in [0.3, 0.4) is 0 Å². The fourth-order valence-corrected chi connectivity index (χ4v) is 4.38. The quantitative estimate of drug-likeness (QED) is 0.288. The van der Waals surface area contributed by atoms with Crippen LogP contribution in [0.15, 0.2) is 72.8 Å². The van der Waals surface area contributed by atoms with Gasteiger partial charge in [0.25, 0.3) is 5.91 Å². The van der Waals surface area contributed by atoms with Crippen LogP contribution in [0.2, 0.25) is 0 Å². The highest BCUT2D eigenvalue weighted by atomic mass is 19.1. The molecular formula is C30H29F2N3O5. The zero-order chi connectivity index (χ0) is 28.6. The minimum Gasteiger partial charge on any atom is -0.479 e. The molecule has 3 aromatic rings. The number of aliphatic hydroxyl groups is 1. The molecule has 3 amide bonds. The molecule has 3 aromatic carbocycles. The Balaban J connectivity index is 1.54. The number of halogens is 2. The molecule has 8 nitrogen and oxygen atoms in total. The maximum absolute atomic E-state index is 13.7. The molecule has 0 saturated heterocycles. The van der Waals surface area contributed by atoms with Gasteiger partial charge in [-0.1, -0.05) is 30.3 Å². The molecule has 208 valence electrons. The van der Waals surface area contributed by atoms with Crippen molar-refractivity contribution in [2.45, 2.75) is 38.3 Å². The highest BCUT2D eigenvalue weighted by molar-refractivity contribution is 6.01. The van der Waals surface area contributed by atoms with E-state index < -0.39 is 42.2 Å². The number of carboxylic acids is 1. The number of nitrogens with zero attached hydrogens (tertiary/aromatic N) is 1. The van der Waals surface area contributed by atoms with Crippen molar-refractivity contribution in [3.05, 3.63) is 101 Å². The van der Waals surface area contributed by atoms with E-state index in [9.17, 15) is 28.3 Å². The van der Waals surface area contributed by atoms with Gasteiger partial charge in [0, 0.05) is 23.0 Å². The molecule has 1 aliphatic rings. The summed E-state index contributed by atoms with van der Waals surface area (Å²) in [5.41, 5.74) is 3.73. The lowest BCUT2D eigenvalue weighted by Crippen LogP contribution is -2.36. The van der Waals surface area contributed by atoms with E-state index in [1.54, 1.807) is 12.1 Å². The SMILES string of the molecule is O=C(NCC(O)C(=O)O)c1ccc(CN(C(=O)Nc2cc(F)cc(F)c2)c2ccc(C3=CCCCC3)cc2)cc1. The lowest BCUT2D eigenvalue weighted by molar-refractivity contribution is -0.146. The molecule has 1 unspecified atom stereocenters. The summed E-state index contributed by atoms with van der Waals surface area (Å²) in [7, 11) is 0. The first kappa shape index (κ1) is 28.4. The topological polar surface area (TPSA) is 119 Å². The summed E-state index contributed by atoms with van der Waals surface area (Å²) in [5, 5.41) is 23.0. The third kappa shape index (κ3) is 7.51. The Morgan fingerprint density at radius 1 is 0.925 bits per heavy atom. The smallest absolute Gasteiger partial charge is 0.334 e. The van der Waals surface area contributed by atoms with Crippen LogP contribution in [-0.2, 0) is 11.3 Å². The number of carboxylic acid groups (broad SMARTS) is 1. The second kappa shape index (κ2) is 13.0. The maximum Gasteiger partial charge on any atom is 0.334 e. The molecule has 0 aliphatic heterocycles. The number of amides is 3. The van der Waals surface area contributed by atoms with E-state index in [4.69, 9.17) is 5.11 Å². The molecule has 4 N–H and O–H groups in total. The Kier molecular flexibility index (Phi) is 9.23. The standard InChI is InChI=1S/C30H29F2N3O5/c31-23-14-24(32)16-25(15-23)34-30(40)35(26-12-10-21(11-13-26)20-4-2-1-3-5-20)18-19-6-8-22(9-7-19)28(37)33-17-27(36)29(38)39/h4,6-16,27,36H,1-3,5,17-18H2,(H,33,37)(H,34,40)(H,38,39). The van der Waals surface area contributed by atoms with E-state index in [-0.39, 0.29) is 17.8 Å². The summed E-state index contributed by atoms with van der Waals surface area (Å²) in [4.78, 5) is 37.8. The van der Waals surface area contributed by atoms with Gasteiger partial charge in [-0.15, -0.1) is 0 Å². The minimum absolute atomic E-state index is 0.0351. The van der Waals surface area contributed by atoms with Crippen LogP contribution in [0.25, 0.3) is 5.57 Å². The van der Waals surface area contributed by atoms with Crippen LogP contribution in [0.5, 0.6) is 0 Å². The Bertz CT molecular complexity index is 1390. The van der Waals surface area contributed by atoms with Crippen molar-refractivity contribution in [3.63, 3.8) is 0 Å². The molecule has 10 heteroatoms. The molecule has 0 saturated carbocycles. The van der Waals surface area contributed by atoms with Gasteiger partial charge in [-0.2, -0.15) is 0 Å². The Hall–Kier alpha value is -4.57. The lowest BCUT2D eigenvalue weighted by Gasteiger charge is -2.24. The van der Waals surface area contributed by atoms with Crippen molar-refractivity contribution in [2.75, 3.05) is 16.8 Å². The molecule has 1 aliphatic carbocycles. The molecule has 0 spiro atoms. The molecule has 40 heavy (non-hydrogen) atoms. The predicted octanol–water partition coefficient (Wildman–Crippen LogP) is 5.34. The first-order valence-electron chi connectivity index (χ1n) is 12.8. The van der Waals surface area contributed by atoms with Crippen LogP contribution in [-0.4, -0.2) is 40.8 Å². The second-order valence-electron chi connectivity index (χ2n) is 9.46. The zero-order valence-electron chi connectivity index (χ0n) is 21.6. The average Bonchev–Trinajstić information content (AvgIpc) is 2.94. The van der Waals surface area contributed by atoms with Crippen LogP contribution in [0.1, 0.15) is 47.2 Å².